The van der Waals surface area contributed by atoms with Crippen molar-refractivity contribution in [3.8, 4) is 0 Å². The molecular formula is C80H185BrCl2O48P12. The van der Waals surface area contributed by atoms with Crippen molar-refractivity contribution in [2.75, 3.05) is 258 Å². The maximum absolute atomic E-state index is 12.2. The van der Waals surface area contributed by atoms with E-state index >= 15 is 0 Å². The van der Waals surface area contributed by atoms with Gasteiger partial charge in [-0.05, 0) is 198 Å². The molecule has 0 spiro atoms. The SMILES string of the molecule is C.C.CCCCOC(=O)C(C)O.CCCCOC(=O)C(C)OP(C)(=O)OC(C)C(=O)OCCCC.CCOC(=O)C(C)CBr.CCOC(=O)C(C)COP(C)(=O)OCC(C)C(=O)OCC.CCOC(=O)C(CO)CO.CCOC(=O)C(CO)COP(C)(=O)OCC(CO)C(=O)OCC.CP(=O)(Cl)Cl.CP(=O)(O)O.CP(=O)(O)O.CP(=O)(O)O.CP(C)(=O)O.CP(C)(C)=O.CP(C)(C)=O.CP(C)(C)=O.CP(C)(C)=O. The Balaban J connectivity index is -0.0000000829. The van der Waals surface area contributed by atoms with Gasteiger partial charge in [0.25, 0.3) is 0 Å². The molecule has 0 aromatic heterocycles. The van der Waals surface area contributed by atoms with E-state index in [0.29, 0.717) is 18.5 Å². The van der Waals surface area contributed by atoms with Crippen molar-refractivity contribution in [2.24, 2.45) is 35.5 Å². The Hall–Kier alpha value is -1.67. The van der Waals surface area contributed by atoms with Gasteiger partial charge < -0.3 is 139 Å². The topological polar surface area (TPSA) is 740 Å². The van der Waals surface area contributed by atoms with Gasteiger partial charge in [-0.25, -0.2) is 14.4 Å². The van der Waals surface area contributed by atoms with Crippen LogP contribution in [0.5, 0.6) is 0 Å². The van der Waals surface area contributed by atoms with Crippen molar-refractivity contribution < 1.29 is 227 Å². The lowest BCUT2D eigenvalue weighted by Crippen LogP contribution is -2.27. The summed E-state index contributed by atoms with van der Waals surface area (Å²) in [4.78, 5) is 155. The van der Waals surface area contributed by atoms with Crippen molar-refractivity contribution in [1.29, 1.82) is 0 Å². The number of alkyl halides is 1. The molecule has 0 saturated carbocycles. The summed E-state index contributed by atoms with van der Waals surface area (Å²) >= 11 is 12.9. The second-order valence-corrected chi connectivity index (χ2v) is 67.8. The number of hydrogen-bond acceptors (Lipinski definition) is 41. The summed E-state index contributed by atoms with van der Waals surface area (Å²) in [6, 6.07) is 0. The minimum atomic E-state index is -3.64. The van der Waals surface area contributed by atoms with Gasteiger partial charge in [0, 0.05) is 65.3 Å². The molecule has 8 atom stereocenters. The average molecular weight is 2440 g/mol. The van der Waals surface area contributed by atoms with E-state index < -0.39 is 196 Å². The molecule has 48 nitrogen and oxygen atoms in total. The summed E-state index contributed by atoms with van der Waals surface area (Å²) in [5.74, 6) is -11.1. The standard InChI is InChI=1S/C15H29O7P.C13H25O9P.C13H25O7P.C7H14O3.C6H11BrO2.C6H12O4.4C3H9OP.C2H7O2P.CH3Cl2OP.3CH5O3P.2CH4/c1-6-8-10-19-14(16)12(3)21-23(5,18)22-13(4)15(17)20-11-9-7-2;1-4-19-12(16)10(6-14)8-21-23(3,18)22-9-11(7-15)13(17)20-5-2;1-6-17-12(14)10(3)8-19-21(5,16)20-9-11(4)13(15)18-7-2;1-3-4-5-10-7(9)6(2)8;1-3-9-6(8)5(2)4-7;1-2-10-6(9)5(3-7)4-8;9*1-5(2,3)4;;/h12-13H,6-11H2,1-5H3;10-11,14-15H,4-9H2,1-3H3;10-11H,6-9H2,1-5H3;6,8H,3-5H2,1-2H3;5H,3-4H2,1-2H3;5,7-8H,2-4H2,1H3;4*1-3H3;1-2H3,(H,3,4);1H3;3*1H3,(H2,2,3,4);2*1H4. The summed E-state index contributed by atoms with van der Waals surface area (Å²) in [5.41, 5.74) is 0. The van der Waals surface area contributed by atoms with Crippen LogP contribution in [-0.2, 0) is 168 Å². The number of carbonyl (C=O) groups excluding carboxylic acids is 9. The maximum Gasteiger partial charge on any atom is 0.335 e. The van der Waals surface area contributed by atoms with Crippen LogP contribution < -0.4 is 0 Å². The number of esters is 9. The van der Waals surface area contributed by atoms with Crippen LogP contribution in [-0.4, -0.2) is 389 Å². The molecule has 143 heavy (non-hydrogen) atoms. The number of hydrogen-bond donors (Lipinski definition) is 12. The van der Waals surface area contributed by atoms with Gasteiger partial charge >= 0.3 is 99.3 Å². The highest BCUT2D eigenvalue weighted by Crippen LogP contribution is 2.52. The van der Waals surface area contributed by atoms with Gasteiger partial charge in [0.1, 0.15) is 23.9 Å². The van der Waals surface area contributed by atoms with Gasteiger partial charge in [-0.3, -0.25) is 74.3 Å². The summed E-state index contributed by atoms with van der Waals surface area (Å²) in [6.45, 7) is 56.3. The zero-order chi connectivity index (χ0) is 116. The molecule has 0 bridgehead atoms. The average Bonchev–Trinajstić information content (AvgIpc) is 0.869. The maximum atomic E-state index is 12.2. The number of halogens is 3. The molecule has 0 saturated heterocycles. The molecule has 874 valence electrons. The summed E-state index contributed by atoms with van der Waals surface area (Å²) in [5, 5.41) is 44.4. The third-order valence-corrected chi connectivity index (χ3v) is 16.0. The normalized spacial score (nSPS) is 13.8. The van der Waals surface area contributed by atoms with E-state index in [4.69, 9.17) is 143 Å². The highest BCUT2D eigenvalue weighted by Gasteiger charge is 2.33. The van der Waals surface area contributed by atoms with Gasteiger partial charge in [-0.15, -0.1) is 0 Å². The first-order chi connectivity index (χ1) is 62.9. The summed E-state index contributed by atoms with van der Waals surface area (Å²) in [6.07, 6.45) is 2.09. The minimum absolute atomic E-state index is 0. The summed E-state index contributed by atoms with van der Waals surface area (Å²) < 4.78 is 198. The molecule has 0 fully saturated rings. The minimum Gasteiger partial charge on any atom is -0.466 e. The predicted molar refractivity (Wildman–Crippen MR) is 570 cm³/mol. The molecule has 0 amide bonds. The van der Waals surface area contributed by atoms with Gasteiger partial charge in [0.2, 0.25) is 5.85 Å². The molecule has 0 aromatic rings. The van der Waals surface area contributed by atoms with Gasteiger partial charge in [0.05, 0.1) is 159 Å². The van der Waals surface area contributed by atoms with Crippen molar-refractivity contribution in [2.45, 2.75) is 176 Å². The highest BCUT2D eigenvalue weighted by atomic mass is 79.9. The van der Waals surface area contributed by atoms with E-state index in [9.17, 15) is 97.9 Å². The van der Waals surface area contributed by atoms with E-state index in [-0.39, 0.29) is 113 Å². The van der Waals surface area contributed by atoms with E-state index in [1.54, 1.807) is 135 Å². The lowest BCUT2D eigenvalue weighted by Gasteiger charge is -2.21. The van der Waals surface area contributed by atoms with Gasteiger partial charge in [0.15, 0.2) is 19.6 Å². The largest absolute Gasteiger partial charge is 0.466 e. The zero-order valence-electron chi connectivity index (χ0n) is 89.2. The van der Waals surface area contributed by atoms with Crippen LogP contribution in [0.2, 0.25) is 0 Å². The second kappa shape index (κ2) is 102. The van der Waals surface area contributed by atoms with Crippen molar-refractivity contribution in [3.05, 3.63) is 0 Å². The smallest absolute Gasteiger partial charge is 0.335 e. The Morgan fingerprint density at radius 2 is 0.455 bits per heavy atom. The lowest BCUT2D eigenvalue weighted by molar-refractivity contribution is -0.154. The second-order valence-electron chi connectivity index (χ2n) is 32.5. The molecule has 0 heterocycles. The lowest BCUT2D eigenvalue weighted by atomic mass is 10.2. The fourth-order valence-electron chi connectivity index (χ4n) is 5.44. The van der Waals surface area contributed by atoms with Crippen LogP contribution in [0.25, 0.3) is 0 Å². The Morgan fingerprint density at radius 1 is 0.287 bits per heavy atom. The molecule has 0 rings (SSSR count). The van der Waals surface area contributed by atoms with Crippen LogP contribution in [0, 0.1) is 35.5 Å². The monoisotopic (exact) mass is 2430 g/mol. The van der Waals surface area contributed by atoms with Crippen molar-refractivity contribution in [1.82, 2.24) is 0 Å². The molecule has 0 aliphatic rings. The first kappa shape index (κ1) is 180. The Morgan fingerprint density at radius 3 is 0.622 bits per heavy atom. The molecule has 12 N–H and O–H groups in total. The van der Waals surface area contributed by atoms with E-state index in [2.05, 4.69) is 25.4 Å². The molecule has 0 aliphatic heterocycles. The molecule has 8 unspecified atom stereocenters. The van der Waals surface area contributed by atoms with Crippen molar-refractivity contribution >= 4 is 179 Å². The van der Waals surface area contributed by atoms with Crippen molar-refractivity contribution in [3.63, 3.8) is 0 Å². The van der Waals surface area contributed by atoms with Crippen LogP contribution >= 0.6 is 126 Å². The van der Waals surface area contributed by atoms with E-state index in [0.717, 1.165) is 65.2 Å². The number of carbonyl (C=O) groups is 9. The van der Waals surface area contributed by atoms with Crippen LogP contribution in [0.15, 0.2) is 0 Å². The quantitative estimate of drug-likeness (QED) is 0.00885. The van der Waals surface area contributed by atoms with E-state index in [1.165, 1.54) is 54.1 Å². The number of aliphatic hydroxyl groups is 5. The highest BCUT2D eigenvalue weighted by molar-refractivity contribution is 9.09. The number of unbranched alkanes of at least 4 members (excludes halogenated alkanes) is 3. The fraction of sp³-hybridized carbons (Fsp3) is 0.887. The molecule has 0 radical (unpaired) electrons. The zero-order valence-corrected chi connectivity index (χ0v) is 103. The van der Waals surface area contributed by atoms with E-state index in [1.807, 2.05) is 27.7 Å². The number of rotatable bonds is 45. The fourth-order valence-corrected chi connectivity index (χ4v) is 9.12. The molecule has 0 aliphatic carbocycles. The molecule has 63 heteroatoms. The first-order valence-corrected chi connectivity index (χ1v) is 75.2. The van der Waals surface area contributed by atoms with Gasteiger partial charge in [-0.1, -0.05) is 77.7 Å². The summed E-state index contributed by atoms with van der Waals surface area (Å²) in [7, 11) is -30.6. The molecular weight excluding hydrogens is 2250 g/mol. The third-order valence-electron chi connectivity index (χ3n) is 11.1. The van der Waals surface area contributed by atoms with Crippen LogP contribution in [0.4, 0.5) is 0 Å². The Labute approximate surface area is 870 Å². The Kier molecular flexibility index (Phi) is 129. The third kappa shape index (κ3) is 217. The first-order valence-electron chi connectivity index (χ1n) is 43.2. The Bertz CT molecular complexity index is 3370. The molecule has 0 aromatic carbocycles. The van der Waals surface area contributed by atoms with Crippen LogP contribution in [0.1, 0.15) is 157 Å². The van der Waals surface area contributed by atoms with Crippen LogP contribution in [0.3, 0.4) is 0 Å². The number of aliphatic hydroxyl groups excluding tert-OH is 5. The van der Waals surface area contributed by atoms with Gasteiger partial charge in [-0.2, -0.15) is 0 Å². The predicted octanol–water partition coefficient (Wildman–Crippen LogP) is 15.6. The number of ether oxygens (including phenoxy) is 9.